The number of carbonyl (C=O) groups excluding carboxylic acids is 2. The Morgan fingerprint density at radius 1 is 1.03 bits per heavy atom. The van der Waals surface area contributed by atoms with Crippen LogP contribution in [-0.4, -0.2) is 18.9 Å². The summed E-state index contributed by atoms with van der Waals surface area (Å²) in [6.07, 6.45) is 4.63. The van der Waals surface area contributed by atoms with Crippen molar-refractivity contribution in [2.45, 2.75) is 19.8 Å². The maximum atomic E-state index is 12.4. The Morgan fingerprint density at radius 2 is 1.80 bits per heavy atom. The molecule has 0 unspecified atom stereocenters. The number of hydrogen-bond donors (Lipinski definition) is 2. The first-order valence-electron chi connectivity index (χ1n) is 9.58. The van der Waals surface area contributed by atoms with Gasteiger partial charge in [-0.3, -0.25) is 9.59 Å². The Kier molecular flexibility index (Phi) is 6.70. The van der Waals surface area contributed by atoms with Crippen molar-refractivity contribution in [1.82, 2.24) is 0 Å². The molecule has 0 aliphatic carbocycles. The van der Waals surface area contributed by atoms with Gasteiger partial charge in [0.2, 0.25) is 5.91 Å². The van der Waals surface area contributed by atoms with E-state index in [9.17, 15) is 9.59 Å². The van der Waals surface area contributed by atoms with Crippen LogP contribution in [0, 0.1) is 0 Å². The van der Waals surface area contributed by atoms with Gasteiger partial charge in [0.15, 0.2) is 5.76 Å². The van der Waals surface area contributed by atoms with E-state index in [1.165, 1.54) is 25.0 Å². The molecule has 0 aliphatic rings. The Hall–Kier alpha value is -3.80. The molecular formula is C24H24N2O4. The number of benzene rings is 2. The molecule has 3 aromatic rings. The summed E-state index contributed by atoms with van der Waals surface area (Å²) in [5.74, 6) is 0.444. The predicted octanol–water partition coefficient (Wildman–Crippen LogP) is 5.32. The predicted molar refractivity (Wildman–Crippen MR) is 118 cm³/mol. The van der Waals surface area contributed by atoms with Crippen molar-refractivity contribution in [3.8, 4) is 5.75 Å². The second-order valence-electron chi connectivity index (χ2n) is 6.99. The molecular weight excluding hydrogens is 380 g/mol. The van der Waals surface area contributed by atoms with Crippen LogP contribution >= 0.6 is 0 Å². The third-order valence-electron chi connectivity index (χ3n) is 4.49. The third-order valence-corrected chi connectivity index (χ3v) is 4.49. The van der Waals surface area contributed by atoms with Crippen LogP contribution in [0.5, 0.6) is 5.75 Å². The van der Waals surface area contributed by atoms with E-state index in [0.29, 0.717) is 23.0 Å². The van der Waals surface area contributed by atoms with Crippen LogP contribution in [0.15, 0.2) is 71.4 Å². The molecule has 0 saturated carbocycles. The van der Waals surface area contributed by atoms with Crippen molar-refractivity contribution >= 4 is 29.3 Å². The molecule has 1 heterocycles. The van der Waals surface area contributed by atoms with Gasteiger partial charge in [0, 0.05) is 11.8 Å². The number of furan rings is 1. The molecule has 3 rings (SSSR count). The summed E-state index contributed by atoms with van der Waals surface area (Å²) in [5, 5.41) is 5.51. The number of anilines is 2. The first-order chi connectivity index (χ1) is 14.5. The van der Waals surface area contributed by atoms with Crippen molar-refractivity contribution in [2.75, 3.05) is 17.7 Å². The lowest BCUT2D eigenvalue weighted by molar-refractivity contribution is -0.111. The topological polar surface area (TPSA) is 80.6 Å². The summed E-state index contributed by atoms with van der Waals surface area (Å²) in [5.41, 5.74) is 3.12. The SMILES string of the molecule is COc1ccc(NC(=O)c2ccco2)cc1NC(=O)/C=C/c1ccc(C(C)C)cc1. The zero-order valence-electron chi connectivity index (χ0n) is 17.1. The highest BCUT2D eigenvalue weighted by molar-refractivity contribution is 6.05. The molecule has 154 valence electrons. The molecule has 6 nitrogen and oxygen atoms in total. The zero-order valence-corrected chi connectivity index (χ0v) is 17.1. The Balaban J connectivity index is 1.69. The highest BCUT2D eigenvalue weighted by Crippen LogP contribution is 2.28. The summed E-state index contributed by atoms with van der Waals surface area (Å²) in [4.78, 5) is 24.5. The number of rotatable bonds is 7. The molecule has 2 aromatic carbocycles. The lowest BCUT2D eigenvalue weighted by Gasteiger charge is -2.11. The Bertz CT molecular complexity index is 1040. The van der Waals surface area contributed by atoms with Gasteiger partial charge < -0.3 is 19.8 Å². The molecule has 30 heavy (non-hydrogen) atoms. The molecule has 0 atom stereocenters. The fourth-order valence-electron chi connectivity index (χ4n) is 2.82. The van der Waals surface area contributed by atoms with Crippen LogP contribution in [-0.2, 0) is 4.79 Å². The maximum absolute atomic E-state index is 12.4. The minimum Gasteiger partial charge on any atom is -0.495 e. The van der Waals surface area contributed by atoms with Gasteiger partial charge in [-0.1, -0.05) is 38.1 Å². The van der Waals surface area contributed by atoms with Gasteiger partial charge in [-0.15, -0.1) is 0 Å². The largest absolute Gasteiger partial charge is 0.495 e. The van der Waals surface area contributed by atoms with Gasteiger partial charge in [0.1, 0.15) is 5.75 Å². The lowest BCUT2D eigenvalue weighted by atomic mass is 10.0. The molecule has 0 radical (unpaired) electrons. The Labute approximate surface area is 175 Å². The molecule has 0 aliphatic heterocycles. The lowest BCUT2D eigenvalue weighted by Crippen LogP contribution is -2.12. The highest BCUT2D eigenvalue weighted by Gasteiger charge is 2.12. The van der Waals surface area contributed by atoms with E-state index in [1.807, 2.05) is 12.1 Å². The number of hydrogen-bond acceptors (Lipinski definition) is 4. The standard InChI is InChI=1S/C24H24N2O4/c1-16(2)18-9-6-17(7-10-18)8-13-23(27)26-20-15-19(11-12-21(20)29-3)25-24(28)22-5-4-14-30-22/h4-16H,1-3H3,(H,25,28)(H,26,27)/b13-8+. The van der Waals surface area contributed by atoms with Crippen molar-refractivity contribution in [3.05, 3.63) is 83.8 Å². The number of methoxy groups -OCH3 is 1. The average molecular weight is 404 g/mol. The van der Waals surface area contributed by atoms with E-state index < -0.39 is 0 Å². The van der Waals surface area contributed by atoms with E-state index >= 15 is 0 Å². The van der Waals surface area contributed by atoms with Crippen molar-refractivity contribution in [1.29, 1.82) is 0 Å². The molecule has 2 N–H and O–H groups in total. The summed E-state index contributed by atoms with van der Waals surface area (Å²) in [7, 11) is 1.51. The quantitative estimate of drug-likeness (QED) is 0.523. The molecule has 0 bridgehead atoms. The van der Waals surface area contributed by atoms with Gasteiger partial charge in [-0.25, -0.2) is 0 Å². The number of nitrogens with one attached hydrogen (secondary N) is 2. The van der Waals surface area contributed by atoms with Crippen LogP contribution in [0.2, 0.25) is 0 Å². The highest BCUT2D eigenvalue weighted by atomic mass is 16.5. The van der Waals surface area contributed by atoms with Gasteiger partial charge in [0.25, 0.3) is 5.91 Å². The van der Waals surface area contributed by atoms with E-state index in [4.69, 9.17) is 9.15 Å². The zero-order chi connectivity index (χ0) is 21.5. The molecule has 0 saturated heterocycles. The van der Waals surface area contributed by atoms with E-state index in [1.54, 1.807) is 36.4 Å². The van der Waals surface area contributed by atoms with Crippen molar-refractivity contribution in [3.63, 3.8) is 0 Å². The summed E-state index contributed by atoms with van der Waals surface area (Å²) in [6.45, 7) is 4.27. The van der Waals surface area contributed by atoms with Crippen LogP contribution in [0.1, 0.15) is 41.4 Å². The summed E-state index contributed by atoms with van der Waals surface area (Å²) >= 11 is 0. The first-order valence-corrected chi connectivity index (χ1v) is 9.58. The average Bonchev–Trinajstić information content (AvgIpc) is 3.28. The fraction of sp³-hybridized carbons (Fsp3) is 0.167. The number of ether oxygens (including phenoxy) is 1. The van der Waals surface area contributed by atoms with Crippen LogP contribution < -0.4 is 15.4 Å². The van der Waals surface area contributed by atoms with Crippen molar-refractivity contribution in [2.24, 2.45) is 0 Å². The smallest absolute Gasteiger partial charge is 0.291 e. The minimum atomic E-state index is -0.382. The van der Waals surface area contributed by atoms with Gasteiger partial charge in [-0.05, 0) is 53.5 Å². The molecule has 2 amide bonds. The van der Waals surface area contributed by atoms with Gasteiger partial charge in [0.05, 0.1) is 19.1 Å². The number of amides is 2. The van der Waals surface area contributed by atoms with E-state index in [0.717, 1.165) is 5.56 Å². The second kappa shape index (κ2) is 9.60. The van der Waals surface area contributed by atoms with Crippen LogP contribution in [0.3, 0.4) is 0 Å². The molecule has 0 fully saturated rings. The summed E-state index contributed by atoms with van der Waals surface area (Å²) < 4.78 is 10.4. The normalized spacial score (nSPS) is 10.9. The second-order valence-corrected chi connectivity index (χ2v) is 6.99. The van der Waals surface area contributed by atoms with E-state index in [2.05, 4.69) is 36.6 Å². The summed E-state index contributed by atoms with van der Waals surface area (Å²) in [6, 6.07) is 16.2. The van der Waals surface area contributed by atoms with Gasteiger partial charge >= 0.3 is 0 Å². The van der Waals surface area contributed by atoms with Crippen LogP contribution in [0.4, 0.5) is 11.4 Å². The maximum Gasteiger partial charge on any atom is 0.291 e. The van der Waals surface area contributed by atoms with Crippen LogP contribution in [0.25, 0.3) is 6.08 Å². The number of carbonyl (C=O) groups is 2. The first kappa shape index (κ1) is 20.9. The molecule has 6 heteroatoms. The fourth-order valence-corrected chi connectivity index (χ4v) is 2.82. The Morgan fingerprint density at radius 3 is 2.43 bits per heavy atom. The molecule has 0 spiro atoms. The third kappa shape index (κ3) is 5.38. The van der Waals surface area contributed by atoms with Crippen molar-refractivity contribution < 1.29 is 18.7 Å². The van der Waals surface area contributed by atoms with E-state index in [-0.39, 0.29) is 17.6 Å². The molecule has 1 aromatic heterocycles. The monoisotopic (exact) mass is 404 g/mol. The van der Waals surface area contributed by atoms with Gasteiger partial charge in [-0.2, -0.15) is 0 Å². The minimum absolute atomic E-state index is 0.197.